The van der Waals surface area contributed by atoms with E-state index in [0.717, 1.165) is 42.9 Å². The summed E-state index contributed by atoms with van der Waals surface area (Å²) in [7, 11) is 0. The molecule has 0 saturated carbocycles. The highest BCUT2D eigenvalue weighted by molar-refractivity contribution is 7.10. The van der Waals surface area contributed by atoms with Gasteiger partial charge in [-0.2, -0.15) is 0 Å². The predicted octanol–water partition coefficient (Wildman–Crippen LogP) is 0.458. The number of hydrogen-bond acceptors (Lipinski definition) is 5. The lowest BCUT2D eigenvalue weighted by atomic mass is 9.79. The van der Waals surface area contributed by atoms with Crippen LogP contribution in [0, 0.1) is 17.8 Å². The van der Waals surface area contributed by atoms with E-state index in [-0.39, 0.29) is 12.1 Å². The molecule has 2 bridgehead atoms. The molecule has 5 aliphatic heterocycles. The first-order chi connectivity index (χ1) is 14.7. The van der Waals surface area contributed by atoms with Crippen molar-refractivity contribution in [1.29, 1.82) is 0 Å². The van der Waals surface area contributed by atoms with Crippen LogP contribution in [0.4, 0.5) is 4.79 Å². The normalized spacial score (nSPS) is 30.5. The Bertz CT molecular complexity index is 962. The first-order valence-electron chi connectivity index (χ1n) is 11.1. The van der Waals surface area contributed by atoms with Gasteiger partial charge in [0.1, 0.15) is 0 Å². The van der Waals surface area contributed by atoms with Crippen molar-refractivity contribution in [3.05, 3.63) is 20.7 Å². The first-order valence-corrected chi connectivity index (χ1v) is 11.9. The number of nitrogens with one attached hydrogen (secondary N) is 1. The van der Waals surface area contributed by atoms with Crippen LogP contribution in [0.2, 0.25) is 0 Å². The fourth-order valence-electron chi connectivity index (χ4n) is 5.05. The number of hydrogen-bond donors (Lipinski definition) is 1. The number of thiophene rings is 1. The number of carbonyl (C=O) groups is 1. The van der Waals surface area contributed by atoms with Crippen molar-refractivity contribution in [1.82, 2.24) is 20.0 Å². The monoisotopic (exact) mass is 426 g/mol. The van der Waals surface area contributed by atoms with Gasteiger partial charge in [-0.1, -0.05) is 11.8 Å². The summed E-state index contributed by atoms with van der Waals surface area (Å²) in [5.41, 5.74) is 0. The fourth-order valence-corrected chi connectivity index (χ4v) is 5.99. The van der Waals surface area contributed by atoms with Crippen molar-refractivity contribution in [3.63, 3.8) is 0 Å². The minimum atomic E-state index is 0.0219. The van der Waals surface area contributed by atoms with E-state index in [1.807, 2.05) is 11.1 Å². The molecule has 2 atom stereocenters. The average molecular weight is 427 g/mol. The van der Waals surface area contributed by atoms with Gasteiger partial charge in [0.05, 0.1) is 24.6 Å². The van der Waals surface area contributed by atoms with E-state index < -0.39 is 0 Å². The molecule has 4 fully saturated rings. The highest BCUT2D eigenvalue weighted by atomic mass is 32.1. The van der Waals surface area contributed by atoms with Crippen LogP contribution in [-0.2, 0) is 4.74 Å². The Balaban J connectivity index is 1.24. The van der Waals surface area contributed by atoms with E-state index in [2.05, 4.69) is 46.0 Å². The van der Waals surface area contributed by atoms with Crippen molar-refractivity contribution in [3.8, 4) is 11.8 Å². The van der Waals surface area contributed by atoms with Crippen LogP contribution in [0.1, 0.15) is 24.6 Å². The molecule has 30 heavy (non-hydrogen) atoms. The zero-order chi connectivity index (χ0) is 20.5. The zero-order valence-corrected chi connectivity index (χ0v) is 18.4. The molecule has 0 aliphatic carbocycles. The van der Waals surface area contributed by atoms with Gasteiger partial charge in [0.2, 0.25) is 0 Å². The van der Waals surface area contributed by atoms with E-state index in [1.54, 1.807) is 11.3 Å². The molecular formula is C23H30N4O2S. The Morgan fingerprint density at radius 2 is 2.07 bits per heavy atom. The highest BCUT2D eigenvalue weighted by Crippen LogP contribution is 2.32. The smallest absolute Gasteiger partial charge is 0.321 e. The van der Waals surface area contributed by atoms with Crippen LogP contribution in [-0.4, -0.2) is 85.3 Å². The number of ether oxygens (including phenoxy) is 1. The fraction of sp³-hybridized carbons (Fsp3) is 0.609. The number of amides is 2. The molecule has 1 aromatic heterocycles. The lowest BCUT2D eigenvalue weighted by molar-refractivity contribution is 0.0255. The van der Waals surface area contributed by atoms with Gasteiger partial charge in [-0.05, 0) is 50.9 Å². The molecule has 7 heteroatoms. The van der Waals surface area contributed by atoms with Gasteiger partial charge in [0.25, 0.3) is 0 Å². The molecule has 1 aromatic rings. The minimum absolute atomic E-state index is 0.0219. The molecule has 6 heterocycles. The second-order valence-corrected chi connectivity index (χ2v) is 9.78. The molecule has 6 rings (SSSR count). The maximum atomic E-state index is 13.0. The van der Waals surface area contributed by atoms with Crippen LogP contribution >= 0.6 is 11.3 Å². The third-order valence-electron chi connectivity index (χ3n) is 6.91. The molecule has 4 saturated heterocycles. The van der Waals surface area contributed by atoms with Gasteiger partial charge >= 0.3 is 6.03 Å². The van der Waals surface area contributed by atoms with E-state index in [1.165, 1.54) is 30.5 Å². The first kappa shape index (κ1) is 20.1. The van der Waals surface area contributed by atoms with Gasteiger partial charge in [0, 0.05) is 47.7 Å². The molecule has 6 nitrogen and oxygen atoms in total. The number of morpholine rings is 1. The largest absolute Gasteiger partial charge is 0.379 e. The summed E-state index contributed by atoms with van der Waals surface area (Å²) in [5.74, 6) is 7.22. The quantitative estimate of drug-likeness (QED) is 0.698. The molecule has 160 valence electrons. The van der Waals surface area contributed by atoms with E-state index in [0.29, 0.717) is 18.5 Å². The number of rotatable bonds is 2. The molecule has 5 aliphatic rings. The lowest BCUT2D eigenvalue weighted by Gasteiger charge is -2.50. The van der Waals surface area contributed by atoms with Gasteiger partial charge in [-0.3, -0.25) is 14.7 Å². The standard InChI is InChI=1S/C23H30N4O2S/c1-17-22(18-4-8-26(17)9-5-18)24-23(28)27-10-6-21-19(16-27)15-20(30-21)3-2-7-25-11-13-29-14-12-25/h6,15-18,22H,4-5,7-14H2,1H3,(H,24,28)/t17-,22-/m0/s1. The van der Waals surface area contributed by atoms with E-state index >= 15 is 0 Å². The van der Waals surface area contributed by atoms with Crippen molar-refractivity contribution in [2.24, 2.45) is 5.92 Å². The van der Waals surface area contributed by atoms with Gasteiger partial charge in [-0.25, -0.2) is 4.79 Å². The molecule has 1 N–H and O–H groups in total. The van der Waals surface area contributed by atoms with E-state index in [4.69, 9.17) is 4.74 Å². The minimum Gasteiger partial charge on any atom is -0.379 e. The SMILES string of the molecule is C[C@H]1[C@H](NC(=O)N2C=c3cc(C#CCN4CCOCC4)sc3=CC2)C2CCN1CC2. The number of carbonyl (C=O) groups excluding carboxylic acids is 1. The van der Waals surface area contributed by atoms with Crippen LogP contribution in [0.3, 0.4) is 0 Å². The number of fused-ring (bicyclic) bond motifs is 4. The summed E-state index contributed by atoms with van der Waals surface area (Å²) in [6.45, 7) is 9.52. The van der Waals surface area contributed by atoms with Crippen LogP contribution in [0.15, 0.2) is 6.07 Å². The summed E-state index contributed by atoms with van der Waals surface area (Å²) < 4.78 is 6.59. The van der Waals surface area contributed by atoms with E-state index in [9.17, 15) is 4.79 Å². The lowest BCUT2D eigenvalue weighted by Crippen LogP contribution is -2.63. The summed E-state index contributed by atoms with van der Waals surface area (Å²) in [4.78, 5) is 20.7. The Morgan fingerprint density at radius 3 is 2.83 bits per heavy atom. The Kier molecular flexibility index (Phi) is 5.83. The molecular weight excluding hydrogens is 396 g/mol. The topological polar surface area (TPSA) is 48.1 Å². The number of piperidine rings is 3. The molecule has 0 radical (unpaired) electrons. The molecule has 0 aromatic carbocycles. The van der Waals surface area contributed by atoms with Gasteiger partial charge in [0.15, 0.2) is 0 Å². The highest BCUT2D eigenvalue weighted by Gasteiger charge is 2.40. The van der Waals surface area contributed by atoms with Crippen molar-refractivity contribution in [2.45, 2.75) is 31.8 Å². The van der Waals surface area contributed by atoms with Crippen molar-refractivity contribution >= 4 is 29.6 Å². The maximum Gasteiger partial charge on any atom is 0.321 e. The summed E-state index contributed by atoms with van der Waals surface area (Å²) in [5, 5.41) is 4.43. The maximum absolute atomic E-state index is 13.0. The van der Waals surface area contributed by atoms with Crippen LogP contribution in [0.5, 0.6) is 0 Å². The second kappa shape index (κ2) is 8.72. The summed E-state index contributed by atoms with van der Waals surface area (Å²) in [6.07, 6.45) is 6.53. The van der Waals surface area contributed by atoms with Crippen molar-refractivity contribution in [2.75, 3.05) is 52.5 Å². The Morgan fingerprint density at radius 1 is 1.27 bits per heavy atom. The van der Waals surface area contributed by atoms with Crippen LogP contribution in [0.25, 0.3) is 12.3 Å². The molecule has 0 spiro atoms. The number of nitrogens with zero attached hydrogens (tertiary/aromatic N) is 3. The third kappa shape index (κ3) is 4.15. The summed E-state index contributed by atoms with van der Waals surface area (Å²) in [6, 6.07) is 2.83. The van der Waals surface area contributed by atoms with Crippen molar-refractivity contribution < 1.29 is 9.53 Å². The Labute approximate surface area is 182 Å². The Hall–Kier alpha value is -1.85. The molecule has 2 amide bonds. The van der Waals surface area contributed by atoms with Gasteiger partial charge < -0.3 is 10.1 Å². The zero-order valence-electron chi connectivity index (χ0n) is 17.6. The third-order valence-corrected chi connectivity index (χ3v) is 7.97. The summed E-state index contributed by atoms with van der Waals surface area (Å²) >= 11 is 1.71. The van der Waals surface area contributed by atoms with Gasteiger partial charge in [-0.15, -0.1) is 11.3 Å². The second-order valence-electron chi connectivity index (χ2n) is 8.70. The van der Waals surface area contributed by atoms with Crippen LogP contribution < -0.4 is 15.1 Å². The molecule has 0 unspecified atom stereocenters. The average Bonchev–Trinajstić information content (AvgIpc) is 3.19. The predicted molar refractivity (Wildman–Crippen MR) is 119 cm³/mol. The number of urea groups is 1.